The number of nitrogens with two attached hydrogens (primary N) is 1. The number of primary amides is 1. The Kier molecular flexibility index (Phi) is 3.04. The summed E-state index contributed by atoms with van der Waals surface area (Å²) in [6.07, 6.45) is 1.67. The molecule has 2 N–H and O–H groups in total. The fourth-order valence-corrected chi connectivity index (χ4v) is 1.94. The molecule has 0 radical (unpaired) electrons. The quantitative estimate of drug-likeness (QED) is 0.769. The Labute approximate surface area is 114 Å². The summed E-state index contributed by atoms with van der Waals surface area (Å²) < 4.78 is 0. The lowest BCUT2D eigenvalue weighted by atomic mass is 10.2. The Morgan fingerprint density at radius 1 is 1.20 bits per heavy atom. The number of nitrogens with zero attached hydrogens (tertiary/aromatic N) is 3. The molecule has 0 saturated carbocycles. The Bertz CT molecular complexity index is 752. The molecule has 0 unspecified atom stereocenters. The van der Waals surface area contributed by atoms with Gasteiger partial charge in [-0.3, -0.25) is 9.78 Å². The molecule has 0 fully saturated rings. The summed E-state index contributed by atoms with van der Waals surface area (Å²) in [7, 11) is 0. The van der Waals surface area contributed by atoms with E-state index in [1.165, 1.54) is 4.85 Å². The summed E-state index contributed by atoms with van der Waals surface area (Å²) in [5.41, 5.74) is 7.02. The number of benzene rings is 1. The van der Waals surface area contributed by atoms with Crippen LogP contribution in [0.2, 0.25) is 0 Å². The molecular weight excluding hydrogens is 256 g/mol. The van der Waals surface area contributed by atoms with Crippen molar-refractivity contribution in [2.45, 2.75) is 6.61 Å². The van der Waals surface area contributed by atoms with E-state index in [9.17, 15) is 4.79 Å². The first-order valence-electron chi connectivity index (χ1n) is 6.06. The third kappa shape index (κ3) is 2.18. The zero-order valence-corrected chi connectivity index (χ0v) is 10.6. The molecule has 1 aromatic carbocycles. The van der Waals surface area contributed by atoms with E-state index in [0.29, 0.717) is 10.9 Å². The standard InChI is InChI=1S/C14H12N4O2/c15-14(19)13-11-6-1-2-7-12(11)17-18(13)20-9-10-5-3-4-8-16-10/h1-8H,9H2,(H2,15,19). The fourth-order valence-electron chi connectivity index (χ4n) is 1.94. The molecule has 0 atom stereocenters. The topological polar surface area (TPSA) is 83.0 Å². The fraction of sp³-hybridized carbons (Fsp3) is 0.0714. The van der Waals surface area contributed by atoms with Crippen molar-refractivity contribution in [3.63, 3.8) is 0 Å². The molecule has 20 heavy (non-hydrogen) atoms. The number of aromatic nitrogens is 3. The van der Waals surface area contributed by atoms with Gasteiger partial charge < -0.3 is 10.6 Å². The number of amides is 1. The second-order valence-electron chi connectivity index (χ2n) is 4.20. The van der Waals surface area contributed by atoms with Gasteiger partial charge in [-0.15, -0.1) is 5.10 Å². The molecule has 0 aliphatic heterocycles. The smallest absolute Gasteiger partial charge is 0.271 e. The molecule has 0 bridgehead atoms. The van der Waals surface area contributed by atoms with Crippen molar-refractivity contribution in [1.29, 1.82) is 0 Å². The van der Waals surface area contributed by atoms with E-state index in [2.05, 4.69) is 10.1 Å². The van der Waals surface area contributed by atoms with Gasteiger partial charge in [0.2, 0.25) is 0 Å². The van der Waals surface area contributed by atoms with Gasteiger partial charge in [-0.05, 0) is 18.2 Å². The molecule has 3 aromatic rings. The molecule has 3 rings (SSSR count). The highest BCUT2D eigenvalue weighted by Gasteiger charge is 2.16. The predicted molar refractivity (Wildman–Crippen MR) is 72.8 cm³/mol. The minimum atomic E-state index is -0.584. The third-order valence-electron chi connectivity index (χ3n) is 2.84. The van der Waals surface area contributed by atoms with E-state index in [0.717, 1.165) is 5.69 Å². The first kappa shape index (κ1) is 12.2. The molecule has 6 heteroatoms. The van der Waals surface area contributed by atoms with Crippen LogP contribution in [0.4, 0.5) is 0 Å². The number of hydrogen-bond acceptors (Lipinski definition) is 4. The Morgan fingerprint density at radius 2 is 2.00 bits per heavy atom. The summed E-state index contributed by atoms with van der Waals surface area (Å²) in [6.45, 7) is 0.203. The maximum atomic E-state index is 11.6. The van der Waals surface area contributed by atoms with Crippen LogP contribution in [0.25, 0.3) is 10.9 Å². The van der Waals surface area contributed by atoms with E-state index in [4.69, 9.17) is 10.6 Å². The third-order valence-corrected chi connectivity index (χ3v) is 2.84. The largest absolute Gasteiger partial charge is 0.390 e. The van der Waals surface area contributed by atoms with Gasteiger partial charge in [0.25, 0.3) is 5.91 Å². The number of rotatable bonds is 4. The van der Waals surface area contributed by atoms with E-state index in [1.807, 2.05) is 30.3 Å². The van der Waals surface area contributed by atoms with Gasteiger partial charge in [-0.1, -0.05) is 29.1 Å². The summed E-state index contributed by atoms with van der Waals surface area (Å²) in [5.74, 6) is -0.584. The molecule has 2 aromatic heterocycles. The molecule has 1 amide bonds. The minimum absolute atomic E-state index is 0.203. The van der Waals surface area contributed by atoms with Crippen LogP contribution >= 0.6 is 0 Å². The lowest BCUT2D eigenvalue weighted by molar-refractivity contribution is 0.0597. The Balaban J connectivity index is 1.95. The van der Waals surface area contributed by atoms with E-state index in [1.54, 1.807) is 18.3 Å². The van der Waals surface area contributed by atoms with Gasteiger partial charge in [0.1, 0.15) is 0 Å². The second kappa shape index (κ2) is 5.00. The summed E-state index contributed by atoms with van der Waals surface area (Å²) in [6, 6.07) is 12.7. The van der Waals surface area contributed by atoms with Crippen molar-refractivity contribution in [3.8, 4) is 0 Å². The van der Waals surface area contributed by atoms with E-state index in [-0.39, 0.29) is 12.3 Å². The van der Waals surface area contributed by atoms with Crippen LogP contribution < -0.4 is 10.6 Å². The summed E-state index contributed by atoms with van der Waals surface area (Å²) in [5, 5.41) is 4.88. The number of fused-ring (bicyclic) bond motifs is 1. The lowest BCUT2D eigenvalue weighted by Gasteiger charge is -2.06. The average molecular weight is 268 g/mol. The van der Waals surface area contributed by atoms with Crippen molar-refractivity contribution in [1.82, 2.24) is 14.9 Å². The second-order valence-corrected chi connectivity index (χ2v) is 4.20. The summed E-state index contributed by atoms with van der Waals surface area (Å²) >= 11 is 0. The van der Waals surface area contributed by atoms with E-state index < -0.39 is 5.91 Å². The van der Waals surface area contributed by atoms with Crippen LogP contribution in [-0.4, -0.2) is 20.8 Å². The summed E-state index contributed by atoms with van der Waals surface area (Å²) in [4.78, 5) is 22.4. The molecule has 6 nitrogen and oxygen atoms in total. The van der Waals surface area contributed by atoms with Gasteiger partial charge >= 0.3 is 0 Å². The van der Waals surface area contributed by atoms with Crippen molar-refractivity contribution in [3.05, 3.63) is 60.0 Å². The Hall–Kier alpha value is -2.89. The molecule has 0 spiro atoms. The highest BCUT2D eigenvalue weighted by molar-refractivity contribution is 6.04. The highest BCUT2D eigenvalue weighted by Crippen LogP contribution is 2.17. The first-order chi connectivity index (χ1) is 9.75. The molecule has 0 saturated heterocycles. The van der Waals surface area contributed by atoms with Gasteiger partial charge in [0.15, 0.2) is 12.3 Å². The van der Waals surface area contributed by atoms with Crippen LogP contribution in [0.1, 0.15) is 16.2 Å². The van der Waals surface area contributed by atoms with Gasteiger partial charge in [-0.2, -0.15) is 0 Å². The minimum Gasteiger partial charge on any atom is -0.390 e. The van der Waals surface area contributed by atoms with Crippen molar-refractivity contribution in [2.24, 2.45) is 5.73 Å². The molecule has 100 valence electrons. The van der Waals surface area contributed by atoms with Crippen LogP contribution in [0.3, 0.4) is 0 Å². The average Bonchev–Trinajstić information content (AvgIpc) is 2.84. The molecule has 2 heterocycles. The number of hydrogen-bond donors (Lipinski definition) is 1. The predicted octanol–water partition coefficient (Wildman–Crippen LogP) is 1.16. The zero-order chi connectivity index (χ0) is 13.9. The highest BCUT2D eigenvalue weighted by atomic mass is 16.7. The van der Waals surface area contributed by atoms with Gasteiger partial charge in [-0.25, -0.2) is 0 Å². The van der Waals surface area contributed by atoms with Crippen molar-refractivity contribution < 1.29 is 9.63 Å². The van der Waals surface area contributed by atoms with Gasteiger partial charge in [0.05, 0.1) is 11.2 Å². The molecule has 0 aliphatic rings. The monoisotopic (exact) mass is 268 g/mol. The van der Waals surface area contributed by atoms with Gasteiger partial charge in [0, 0.05) is 11.6 Å². The number of pyridine rings is 1. The first-order valence-corrected chi connectivity index (χ1v) is 6.06. The number of carbonyl (C=O) groups is 1. The van der Waals surface area contributed by atoms with Crippen LogP contribution in [0.15, 0.2) is 48.7 Å². The normalized spacial score (nSPS) is 10.6. The number of carbonyl (C=O) groups excluding carboxylic acids is 1. The van der Waals surface area contributed by atoms with E-state index >= 15 is 0 Å². The van der Waals surface area contributed by atoms with Crippen molar-refractivity contribution >= 4 is 16.8 Å². The lowest BCUT2D eigenvalue weighted by Crippen LogP contribution is -2.23. The van der Waals surface area contributed by atoms with Crippen LogP contribution in [-0.2, 0) is 6.61 Å². The molecule has 0 aliphatic carbocycles. The van der Waals surface area contributed by atoms with Crippen molar-refractivity contribution in [2.75, 3.05) is 0 Å². The van der Waals surface area contributed by atoms with Crippen LogP contribution in [0, 0.1) is 0 Å². The van der Waals surface area contributed by atoms with Crippen LogP contribution in [0.5, 0.6) is 0 Å². The SMILES string of the molecule is NC(=O)c1c2ccccc2nn1OCc1ccccn1. The molecular formula is C14H12N4O2. The Morgan fingerprint density at radius 3 is 2.75 bits per heavy atom. The maximum Gasteiger partial charge on any atom is 0.271 e. The zero-order valence-electron chi connectivity index (χ0n) is 10.6. The maximum absolute atomic E-state index is 11.6.